The molecule has 0 bridgehead atoms. The predicted octanol–water partition coefficient (Wildman–Crippen LogP) is 3.06. The molecule has 0 aliphatic carbocycles. The Bertz CT molecular complexity index is 569. The van der Waals surface area contributed by atoms with Crippen molar-refractivity contribution in [2.45, 2.75) is 26.3 Å². The third kappa shape index (κ3) is 4.19. The molecule has 0 amide bonds. The lowest BCUT2D eigenvalue weighted by Gasteiger charge is -2.09. The fourth-order valence-electron chi connectivity index (χ4n) is 2.10. The first-order chi connectivity index (χ1) is 10.3. The van der Waals surface area contributed by atoms with E-state index in [-0.39, 0.29) is 0 Å². The van der Waals surface area contributed by atoms with E-state index in [9.17, 15) is 0 Å². The molecular formula is C16H22N2O2S. The number of hydrogen-bond donors (Lipinski definition) is 1. The Morgan fingerprint density at radius 1 is 1.24 bits per heavy atom. The number of nitrogens with one attached hydrogen (secondary N) is 1. The zero-order valence-electron chi connectivity index (χ0n) is 12.8. The number of aryl methyl sites for hydroxylation is 1. The Morgan fingerprint density at radius 2 is 2.00 bits per heavy atom. The minimum absolute atomic E-state index is 0.607. The average molecular weight is 306 g/mol. The summed E-state index contributed by atoms with van der Waals surface area (Å²) in [6, 6.07) is 7.70. The zero-order valence-corrected chi connectivity index (χ0v) is 13.6. The van der Waals surface area contributed by atoms with Crippen LogP contribution in [0.15, 0.2) is 24.3 Å². The Kier molecular flexibility index (Phi) is 6.02. The van der Waals surface area contributed by atoms with Crippen LogP contribution in [0, 0.1) is 0 Å². The van der Waals surface area contributed by atoms with Crippen LogP contribution in [0.2, 0.25) is 0 Å². The van der Waals surface area contributed by atoms with Crippen LogP contribution in [0.25, 0.3) is 0 Å². The van der Waals surface area contributed by atoms with Crippen molar-refractivity contribution in [3.63, 3.8) is 0 Å². The molecule has 0 radical (unpaired) electrons. The van der Waals surface area contributed by atoms with Crippen LogP contribution >= 0.6 is 11.3 Å². The van der Waals surface area contributed by atoms with Gasteiger partial charge in [0.25, 0.3) is 0 Å². The molecule has 114 valence electrons. The highest BCUT2D eigenvalue weighted by molar-refractivity contribution is 7.11. The third-order valence-corrected chi connectivity index (χ3v) is 4.29. The zero-order chi connectivity index (χ0) is 15.1. The first-order valence-electron chi connectivity index (χ1n) is 7.16. The van der Waals surface area contributed by atoms with Crippen LogP contribution in [0.3, 0.4) is 0 Å². The van der Waals surface area contributed by atoms with Crippen LogP contribution in [0.5, 0.6) is 11.5 Å². The summed E-state index contributed by atoms with van der Waals surface area (Å²) >= 11 is 1.77. The summed E-state index contributed by atoms with van der Waals surface area (Å²) in [7, 11) is 3.62. The fraction of sp³-hybridized carbons (Fsp3) is 0.438. The molecule has 1 N–H and O–H groups in total. The van der Waals surface area contributed by atoms with Crippen molar-refractivity contribution in [3.05, 3.63) is 39.8 Å². The topological polar surface area (TPSA) is 43.4 Å². The molecule has 0 saturated carbocycles. The van der Waals surface area contributed by atoms with E-state index in [0.29, 0.717) is 6.61 Å². The van der Waals surface area contributed by atoms with Crippen molar-refractivity contribution in [1.82, 2.24) is 10.3 Å². The largest absolute Gasteiger partial charge is 0.493 e. The van der Waals surface area contributed by atoms with E-state index in [1.807, 2.05) is 31.3 Å². The number of hydrogen-bond acceptors (Lipinski definition) is 5. The lowest BCUT2D eigenvalue weighted by Crippen LogP contribution is -2.05. The van der Waals surface area contributed by atoms with Crippen LogP contribution in [-0.4, -0.2) is 25.7 Å². The highest BCUT2D eigenvalue weighted by Crippen LogP contribution is 2.26. The molecule has 1 heterocycles. The molecule has 1 aromatic heterocycles. The van der Waals surface area contributed by atoms with E-state index < -0.39 is 0 Å². The highest BCUT2D eigenvalue weighted by Gasteiger charge is 2.09. The number of nitrogens with zero attached hydrogens (tertiary/aromatic N) is 1. The summed E-state index contributed by atoms with van der Waals surface area (Å²) in [5, 5.41) is 4.32. The van der Waals surface area contributed by atoms with Crippen molar-refractivity contribution in [2.75, 3.05) is 20.8 Å². The lowest BCUT2D eigenvalue weighted by molar-refractivity contribution is 0.297. The van der Waals surface area contributed by atoms with E-state index in [4.69, 9.17) is 9.47 Å². The Morgan fingerprint density at radius 3 is 2.67 bits per heavy atom. The van der Waals surface area contributed by atoms with Crippen molar-refractivity contribution in [2.24, 2.45) is 0 Å². The molecule has 2 aromatic rings. The summed E-state index contributed by atoms with van der Waals surface area (Å²) in [5.74, 6) is 1.55. The summed E-state index contributed by atoms with van der Waals surface area (Å²) in [5.41, 5.74) is 1.20. The molecule has 0 atom stereocenters. The molecule has 2 rings (SSSR count). The van der Waals surface area contributed by atoms with Gasteiger partial charge in [-0.25, -0.2) is 4.98 Å². The standard InChI is InChI=1S/C16H22N2O2S/c1-4-12-15(11-17-2)21-16(18-12)9-10-20-14-8-6-5-7-13(14)19-3/h5-8,17H,4,9-11H2,1-3H3. The van der Waals surface area contributed by atoms with Gasteiger partial charge in [-0.3, -0.25) is 0 Å². The maximum absolute atomic E-state index is 5.80. The molecule has 5 heteroatoms. The number of methoxy groups -OCH3 is 1. The van der Waals surface area contributed by atoms with Gasteiger partial charge in [0.05, 0.1) is 24.4 Å². The molecule has 21 heavy (non-hydrogen) atoms. The van der Waals surface area contributed by atoms with Crippen molar-refractivity contribution >= 4 is 11.3 Å². The second-order valence-corrected chi connectivity index (χ2v) is 5.78. The quantitative estimate of drug-likeness (QED) is 0.814. The van der Waals surface area contributed by atoms with Gasteiger partial charge in [-0.2, -0.15) is 0 Å². The fourth-order valence-corrected chi connectivity index (χ4v) is 3.25. The smallest absolute Gasteiger partial charge is 0.161 e. The van der Waals surface area contributed by atoms with Gasteiger partial charge in [0.15, 0.2) is 11.5 Å². The van der Waals surface area contributed by atoms with Gasteiger partial charge in [-0.15, -0.1) is 11.3 Å². The molecule has 0 saturated heterocycles. The van der Waals surface area contributed by atoms with Gasteiger partial charge in [-0.05, 0) is 25.6 Å². The molecule has 0 aliphatic rings. The Hall–Kier alpha value is -1.59. The number of aromatic nitrogens is 1. The molecule has 0 fully saturated rings. The number of thiazole rings is 1. The highest BCUT2D eigenvalue weighted by atomic mass is 32.1. The molecule has 4 nitrogen and oxygen atoms in total. The van der Waals surface area contributed by atoms with E-state index >= 15 is 0 Å². The van der Waals surface area contributed by atoms with Gasteiger partial charge in [0.2, 0.25) is 0 Å². The summed E-state index contributed by atoms with van der Waals surface area (Å²) < 4.78 is 11.1. The second kappa shape index (κ2) is 8.00. The second-order valence-electron chi connectivity index (χ2n) is 4.61. The monoisotopic (exact) mass is 306 g/mol. The lowest BCUT2D eigenvalue weighted by atomic mass is 10.3. The molecule has 0 unspecified atom stereocenters. The van der Waals surface area contributed by atoms with Gasteiger partial charge < -0.3 is 14.8 Å². The number of benzene rings is 1. The summed E-state index contributed by atoms with van der Waals surface area (Å²) in [6.45, 7) is 3.63. The third-order valence-electron chi connectivity index (χ3n) is 3.14. The van der Waals surface area contributed by atoms with Crippen molar-refractivity contribution in [3.8, 4) is 11.5 Å². The van der Waals surface area contributed by atoms with Gasteiger partial charge in [-0.1, -0.05) is 19.1 Å². The average Bonchev–Trinajstić information content (AvgIpc) is 2.90. The summed E-state index contributed by atoms with van der Waals surface area (Å²) in [4.78, 5) is 6.01. The number of ether oxygens (including phenoxy) is 2. The van der Waals surface area contributed by atoms with E-state index in [0.717, 1.165) is 35.9 Å². The maximum atomic E-state index is 5.80. The Balaban J connectivity index is 1.94. The summed E-state index contributed by atoms with van der Waals surface area (Å²) in [6.07, 6.45) is 1.79. The van der Waals surface area contributed by atoms with Crippen LogP contribution in [-0.2, 0) is 19.4 Å². The predicted molar refractivity (Wildman–Crippen MR) is 86.4 cm³/mol. The van der Waals surface area contributed by atoms with E-state index in [1.54, 1.807) is 18.4 Å². The van der Waals surface area contributed by atoms with E-state index in [2.05, 4.69) is 17.2 Å². The van der Waals surface area contributed by atoms with Crippen molar-refractivity contribution < 1.29 is 9.47 Å². The van der Waals surface area contributed by atoms with Gasteiger partial charge in [0, 0.05) is 17.8 Å². The first kappa shape index (κ1) is 15.8. The molecule has 0 aliphatic heterocycles. The maximum Gasteiger partial charge on any atom is 0.161 e. The van der Waals surface area contributed by atoms with Crippen LogP contribution in [0.4, 0.5) is 0 Å². The molecule has 1 aromatic carbocycles. The minimum Gasteiger partial charge on any atom is -0.493 e. The Labute approximate surface area is 130 Å². The minimum atomic E-state index is 0.607. The normalized spacial score (nSPS) is 10.6. The van der Waals surface area contributed by atoms with E-state index in [1.165, 1.54) is 10.6 Å². The van der Waals surface area contributed by atoms with Crippen molar-refractivity contribution in [1.29, 1.82) is 0 Å². The SMILES string of the molecule is CCc1nc(CCOc2ccccc2OC)sc1CNC. The first-order valence-corrected chi connectivity index (χ1v) is 7.98. The number of rotatable bonds is 8. The van der Waals surface area contributed by atoms with Crippen LogP contribution in [0.1, 0.15) is 22.5 Å². The molecular weight excluding hydrogens is 284 g/mol. The van der Waals surface area contributed by atoms with Crippen LogP contribution < -0.4 is 14.8 Å². The number of para-hydroxylation sites is 2. The van der Waals surface area contributed by atoms with Gasteiger partial charge in [0.1, 0.15) is 0 Å². The van der Waals surface area contributed by atoms with Gasteiger partial charge >= 0.3 is 0 Å². The molecule has 0 spiro atoms.